The number of aromatic nitrogens is 1. The van der Waals surface area contributed by atoms with Gasteiger partial charge in [-0.15, -0.1) is 11.3 Å². The van der Waals surface area contributed by atoms with Gasteiger partial charge in [0, 0.05) is 49.1 Å². The van der Waals surface area contributed by atoms with E-state index in [9.17, 15) is 9.59 Å². The molecule has 0 bridgehead atoms. The molecule has 0 radical (unpaired) electrons. The molecule has 0 spiro atoms. The first kappa shape index (κ1) is 17.9. The van der Waals surface area contributed by atoms with Gasteiger partial charge in [-0.25, -0.2) is 4.98 Å². The van der Waals surface area contributed by atoms with E-state index in [1.54, 1.807) is 29.3 Å². The highest BCUT2D eigenvalue weighted by molar-refractivity contribution is 7.13. The number of piperidine rings is 1. The Hall–Kier alpha value is -1.92. The van der Waals surface area contributed by atoms with Gasteiger partial charge in [0.1, 0.15) is 10.7 Å². The molecule has 2 aromatic rings. The van der Waals surface area contributed by atoms with E-state index in [0.29, 0.717) is 36.6 Å². The van der Waals surface area contributed by atoms with Crippen LogP contribution < -0.4 is 0 Å². The van der Waals surface area contributed by atoms with E-state index in [1.165, 1.54) is 11.3 Å². The van der Waals surface area contributed by atoms with Crippen LogP contribution in [0.5, 0.6) is 0 Å². The standard InChI is InChI=1S/C18H20ClN3O2S/c1-21(2)17(23)12-6-8-22(9-7-12)18(24)15-11-25-16(20-15)13-4-3-5-14(19)10-13/h3-5,10-12H,6-9H2,1-2H3. The maximum atomic E-state index is 12.7. The Morgan fingerprint density at radius 2 is 2.00 bits per heavy atom. The molecule has 0 atom stereocenters. The molecule has 2 heterocycles. The Kier molecular flexibility index (Phi) is 5.39. The highest BCUT2D eigenvalue weighted by atomic mass is 35.5. The van der Waals surface area contributed by atoms with Gasteiger partial charge in [0.2, 0.25) is 5.91 Å². The first-order chi connectivity index (χ1) is 12.0. The number of thiazole rings is 1. The fraction of sp³-hybridized carbons (Fsp3) is 0.389. The van der Waals surface area contributed by atoms with Crippen LogP contribution in [0.25, 0.3) is 10.6 Å². The fourth-order valence-electron chi connectivity index (χ4n) is 2.98. The zero-order chi connectivity index (χ0) is 18.0. The number of carbonyl (C=O) groups is 2. The maximum absolute atomic E-state index is 12.7. The lowest BCUT2D eigenvalue weighted by Crippen LogP contribution is -2.42. The van der Waals surface area contributed by atoms with Crippen LogP contribution in [0.4, 0.5) is 0 Å². The smallest absolute Gasteiger partial charge is 0.273 e. The molecule has 1 aromatic heterocycles. The Morgan fingerprint density at radius 3 is 2.64 bits per heavy atom. The van der Waals surface area contributed by atoms with Crippen molar-refractivity contribution in [2.24, 2.45) is 5.92 Å². The van der Waals surface area contributed by atoms with Crippen LogP contribution in [0.15, 0.2) is 29.6 Å². The van der Waals surface area contributed by atoms with Gasteiger partial charge >= 0.3 is 0 Å². The number of nitrogens with zero attached hydrogens (tertiary/aromatic N) is 3. The quantitative estimate of drug-likeness (QED) is 0.823. The second-order valence-corrected chi connectivity index (χ2v) is 7.64. The SMILES string of the molecule is CN(C)C(=O)C1CCN(C(=O)c2csc(-c3cccc(Cl)c3)n2)CC1. The monoisotopic (exact) mass is 377 g/mol. The molecule has 3 rings (SSSR count). The summed E-state index contributed by atoms with van der Waals surface area (Å²) in [6.07, 6.45) is 1.40. The molecule has 0 aliphatic carbocycles. The van der Waals surface area contributed by atoms with Crippen molar-refractivity contribution in [1.82, 2.24) is 14.8 Å². The Labute approximate surface area is 156 Å². The molecule has 1 saturated heterocycles. The van der Waals surface area contributed by atoms with Crippen molar-refractivity contribution in [3.8, 4) is 10.6 Å². The van der Waals surface area contributed by atoms with Gasteiger partial charge in [-0.1, -0.05) is 23.7 Å². The minimum atomic E-state index is -0.0692. The van der Waals surface area contributed by atoms with Crippen molar-refractivity contribution in [3.05, 3.63) is 40.4 Å². The van der Waals surface area contributed by atoms with E-state index in [1.807, 2.05) is 24.3 Å². The minimum Gasteiger partial charge on any atom is -0.349 e. The lowest BCUT2D eigenvalue weighted by atomic mass is 9.95. The van der Waals surface area contributed by atoms with Crippen LogP contribution in [-0.4, -0.2) is 53.8 Å². The van der Waals surface area contributed by atoms with Gasteiger partial charge in [0.25, 0.3) is 5.91 Å². The normalized spacial score (nSPS) is 15.2. The van der Waals surface area contributed by atoms with Crippen LogP contribution in [0, 0.1) is 5.92 Å². The van der Waals surface area contributed by atoms with Crippen LogP contribution in [0.1, 0.15) is 23.3 Å². The van der Waals surface area contributed by atoms with Crippen molar-refractivity contribution in [2.45, 2.75) is 12.8 Å². The van der Waals surface area contributed by atoms with Crippen molar-refractivity contribution in [3.63, 3.8) is 0 Å². The summed E-state index contributed by atoms with van der Waals surface area (Å²) in [5.74, 6) is 0.0841. The minimum absolute atomic E-state index is 0.0107. The lowest BCUT2D eigenvalue weighted by molar-refractivity contribution is -0.134. The molecule has 1 aliphatic heterocycles. The van der Waals surface area contributed by atoms with E-state index >= 15 is 0 Å². The molecule has 2 amide bonds. The molecule has 0 unspecified atom stereocenters. The van der Waals surface area contributed by atoms with Crippen LogP contribution in [0.3, 0.4) is 0 Å². The zero-order valence-electron chi connectivity index (χ0n) is 14.2. The van der Waals surface area contributed by atoms with Crippen LogP contribution >= 0.6 is 22.9 Å². The number of likely N-dealkylation sites (tertiary alicyclic amines) is 1. The largest absolute Gasteiger partial charge is 0.349 e. The third kappa shape index (κ3) is 4.02. The van der Waals surface area contributed by atoms with E-state index < -0.39 is 0 Å². The molecule has 7 heteroatoms. The van der Waals surface area contributed by atoms with Gasteiger partial charge in [0.15, 0.2) is 0 Å². The second kappa shape index (κ2) is 7.54. The predicted octanol–water partition coefficient (Wildman–Crippen LogP) is 3.40. The highest BCUT2D eigenvalue weighted by Crippen LogP contribution is 2.27. The number of amides is 2. The van der Waals surface area contributed by atoms with Crippen molar-refractivity contribution < 1.29 is 9.59 Å². The number of halogens is 1. The molecule has 25 heavy (non-hydrogen) atoms. The van der Waals surface area contributed by atoms with Gasteiger partial charge in [-0.3, -0.25) is 9.59 Å². The summed E-state index contributed by atoms with van der Waals surface area (Å²) in [6, 6.07) is 7.45. The molecule has 1 aliphatic rings. The van der Waals surface area contributed by atoms with E-state index in [2.05, 4.69) is 4.98 Å². The number of rotatable bonds is 3. The number of hydrogen-bond acceptors (Lipinski definition) is 4. The Morgan fingerprint density at radius 1 is 1.28 bits per heavy atom. The van der Waals surface area contributed by atoms with Gasteiger partial charge in [-0.05, 0) is 25.0 Å². The first-order valence-electron chi connectivity index (χ1n) is 8.17. The topological polar surface area (TPSA) is 53.5 Å². The average Bonchev–Trinajstić information content (AvgIpc) is 3.10. The second-order valence-electron chi connectivity index (χ2n) is 6.35. The number of carbonyl (C=O) groups excluding carboxylic acids is 2. The van der Waals surface area contributed by atoms with Crippen molar-refractivity contribution in [1.29, 1.82) is 0 Å². The molecule has 0 saturated carbocycles. The van der Waals surface area contributed by atoms with E-state index in [4.69, 9.17) is 11.6 Å². The van der Waals surface area contributed by atoms with Crippen LogP contribution in [-0.2, 0) is 4.79 Å². The Balaban J connectivity index is 1.66. The Bertz CT molecular complexity index is 782. The fourth-order valence-corrected chi connectivity index (χ4v) is 3.96. The maximum Gasteiger partial charge on any atom is 0.273 e. The molecule has 132 valence electrons. The van der Waals surface area contributed by atoms with E-state index in [0.717, 1.165) is 10.6 Å². The summed E-state index contributed by atoms with van der Waals surface area (Å²) in [5.41, 5.74) is 1.36. The molecule has 1 fully saturated rings. The molecular formula is C18H20ClN3O2S. The third-order valence-corrected chi connectivity index (χ3v) is 5.49. The van der Waals surface area contributed by atoms with Gasteiger partial charge in [-0.2, -0.15) is 0 Å². The summed E-state index contributed by atoms with van der Waals surface area (Å²) in [5, 5.41) is 3.21. The number of hydrogen-bond donors (Lipinski definition) is 0. The summed E-state index contributed by atoms with van der Waals surface area (Å²) in [7, 11) is 3.54. The third-order valence-electron chi connectivity index (χ3n) is 4.37. The van der Waals surface area contributed by atoms with Crippen molar-refractivity contribution >= 4 is 34.8 Å². The van der Waals surface area contributed by atoms with Gasteiger partial charge in [0.05, 0.1) is 0 Å². The van der Waals surface area contributed by atoms with Gasteiger partial charge < -0.3 is 9.80 Å². The zero-order valence-corrected chi connectivity index (χ0v) is 15.8. The number of benzene rings is 1. The van der Waals surface area contributed by atoms with Crippen LogP contribution in [0.2, 0.25) is 5.02 Å². The molecule has 0 N–H and O–H groups in total. The predicted molar refractivity (Wildman–Crippen MR) is 99.9 cm³/mol. The molecule has 5 nitrogen and oxygen atoms in total. The first-order valence-corrected chi connectivity index (χ1v) is 9.43. The summed E-state index contributed by atoms with van der Waals surface area (Å²) in [4.78, 5) is 32.6. The lowest BCUT2D eigenvalue weighted by Gasteiger charge is -2.32. The highest BCUT2D eigenvalue weighted by Gasteiger charge is 2.29. The molecule has 1 aromatic carbocycles. The molecular weight excluding hydrogens is 358 g/mol. The summed E-state index contributed by atoms with van der Waals surface area (Å²) >= 11 is 7.45. The summed E-state index contributed by atoms with van der Waals surface area (Å²) < 4.78 is 0. The van der Waals surface area contributed by atoms with Crippen molar-refractivity contribution in [2.75, 3.05) is 27.2 Å². The average molecular weight is 378 g/mol. The summed E-state index contributed by atoms with van der Waals surface area (Å²) in [6.45, 7) is 1.18. The van der Waals surface area contributed by atoms with E-state index in [-0.39, 0.29) is 17.7 Å².